The van der Waals surface area contributed by atoms with Gasteiger partial charge in [-0.25, -0.2) is 4.99 Å². The largest absolute Gasteiger partial charge is 0.494 e. The third-order valence-electron chi connectivity index (χ3n) is 8.61. The fourth-order valence-corrected chi connectivity index (χ4v) is 7.56. The smallest absolute Gasteiger partial charge is 0.271 e. The third-order valence-corrected chi connectivity index (χ3v) is 9.87. The van der Waals surface area contributed by atoms with Gasteiger partial charge in [0.05, 0.1) is 40.6 Å². The minimum atomic E-state index is -0.731. The van der Waals surface area contributed by atoms with E-state index in [2.05, 4.69) is 23.5 Å². The van der Waals surface area contributed by atoms with Gasteiger partial charge >= 0.3 is 0 Å². The summed E-state index contributed by atoms with van der Waals surface area (Å²) in [6.07, 6.45) is 1.75. The molecule has 1 aliphatic heterocycles. The maximum atomic E-state index is 14.3. The maximum Gasteiger partial charge on any atom is 0.271 e. The van der Waals surface area contributed by atoms with Gasteiger partial charge in [0.15, 0.2) is 16.3 Å². The molecule has 2 heterocycles. The molecule has 1 aliphatic rings. The molecule has 6 aromatic rings. The van der Waals surface area contributed by atoms with Crippen molar-refractivity contribution in [2.45, 2.75) is 26.5 Å². The minimum Gasteiger partial charge on any atom is -0.494 e. The highest BCUT2D eigenvalue weighted by atomic mass is 35.5. The summed E-state index contributed by atoms with van der Waals surface area (Å²) in [5, 5.41) is 5.55. The van der Waals surface area contributed by atoms with Crippen LogP contribution >= 0.6 is 22.9 Å². The Kier molecular flexibility index (Phi) is 9.74. The first-order valence-electron chi connectivity index (χ1n) is 16.4. The highest BCUT2D eigenvalue weighted by Gasteiger charge is 2.32. The number of anilines is 1. The Labute approximate surface area is 303 Å². The average Bonchev–Trinajstić information content (AvgIpc) is 3.44. The van der Waals surface area contributed by atoms with E-state index in [0.29, 0.717) is 67.3 Å². The van der Waals surface area contributed by atoms with Gasteiger partial charge < -0.3 is 19.5 Å². The summed E-state index contributed by atoms with van der Waals surface area (Å²) in [6, 6.07) is 33.7. The van der Waals surface area contributed by atoms with Crippen LogP contribution in [0.3, 0.4) is 0 Å². The van der Waals surface area contributed by atoms with Crippen molar-refractivity contribution < 1.29 is 19.0 Å². The van der Waals surface area contributed by atoms with Crippen molar-refractivity contribution in [3.63, 3.8) is 0 Å². The summed E-state index contributed by atoms with van der Waals surface area (Å²) in [7, 11) is 1.55. The van der Waals surface area contributed by atoms with Gasteiger partial charge in [0.25, 0.3) is 11.5 Å². The number of fused-ring (bicyclic) bond motifs is 2. The van der Waals surface area contributed by atoms with E-state index in [1.165, 1.54) is 11.3 Å². The van der Waals surface area contributed by atoms with Gasteiger partial charge in [0, 0.05) is 5.69 Å². The lowest BCUT2D eigenvalue weighted by Crippen LogP contribution is -2.40. The molecule has 8 nitrogen and oxygen atoms in total. The topological polar surface area (TPSA) is 91.2 Å². The summed E-state index contributed by atoms with van der Waals surface area (Å²) in [6.45, 7) is 4.52. The van der Waals surface area contributed by atoms with Crippen LogP contribution < -0.4 is 34.4 Å². The molecule has 7 rings (SSSR count). The highest BCUT2D eigenvalue weighted by molar-refractivity contribution is 7.07. The van der Waals surface area contributed by atoms with Crippen LogP contribution in [0.1, 0.15) is 36.6 Å². The van der Waals surface area contributed by atoms with Crippen molar-refractivity contribution >= 4 is 51.4 Å². The van der Waals surface area contributed by atoms with Crippen molar-refractivity contribution in [2.75, 3.05) is 19.0 Å². The van der Waals surface area contributed by atoms with Gasteiger partial charge in [0.1, 0.15) is 12.4 Å². The first kappa shape index (κ1) is 33.8. The molecule has 1 atom stereocenters. The number of ether oxygens (including phenoxy) is 3. The molecule has 1 N–H and O–H groups in total. The molecule has 256 valence electrons. The quantitative estimate of drug-likeness (QED) is 0.157. The Balaban J connectivity index is 1.26. The van der Waals surface area contributed by atoms with Crippen LogP contribution in [0.15, 0.2) is 130 Å². The molecule has 0 saturated carbocycles. The molecule has 51 heavy (non-hydrogen) atoms. The number of thiazole rings is 1. The number of halogens is 1. The molecule has 0 radical (unpaired) electrons. The SMILES string of the molecule is CCOc1ccc([C@@H]2C(C(=O)Nc3ccccc3)=C(C)N=c3s/c(=C\c4cc(Cl)c(OCc5cccc6ccccc56)c(OC)c4)c(=O)n32)cc1. The molecule has 10 heteroatoms. The molecule has 1 aromatic heterocycles. The summed E-state index contributed by atoms with van der Waals surface area (Å²) >= 11 is 8.04. The summed E-state index contributed by atoms with van der Waals surface area (Å²) in [5.41, 5.74) is 3.66. The zero-order chi connectivity index (χ0) is 35.5. The Morgan fingerprint density at radius 3 is 2.47 bits per heavy atom. The zero-order valence-electron chi connectivity index (χ0n) is 28.2. The average molecular weight is 716 g/mol. The molecule has 0 fully saturated rings. The standard InChI is InChI=1S/C41H34ClN3O5S/c1-4-49-31-19-17-28(18-20-31)37-36(39(46)44-30-14-6-5-7-15-30)25(2)43-41-45(37)40(47)35(51-41)23-26-21-33(42)38(34(22-26)48-3)50-24-29-13-10-12-27-11-8-9-16-32(27)29/h5-23,37H,4,24H2,1-3H3,(H,44,46)/b35-23-/t37-/m1/s1. The lowest BCUT2D eigenvalue weighted by atomic mass is 9.95. The van der Waals surface area contributed by atoms with Gasteiger partial charge in [-0.1, -0.05) is 95.7 Å². The molecule has 1 amide bonds. The highest BCUT2D eigenvalue weighted by Crippen LogP contribution is 2.38. The van der Waals surface area contributed by atoms with Crippen LogP contribution in [0.5, 0.6) is 17.2 Å². The lowest BCUT2D eigenvalue weighted by molar-refractivity contribution is -0.113. The van der Waals surface area contributed by atoms with Crippen LogP contribution in [0.25, 0.3) is 16.8 Å². The van der Waals surface area contributed by atoms with Gasteiger partial charge in [-0.3, -0.25) is 14.2 Å². The second kappa shape index (κ2) is 14.7. The van der Waals surface area contributed by atoms with E-state index in [-0.39, 0.29) is 11.5 Å². The minimum absolute atomic E-state index is 0.290. The van der Waals surface area contributed by atoms with Gasteiger partial charge in [-0.15, -0.1) is 0 Å². The molecular formula is C41H34ClN3O5S. The summed E-state index contributed by atoms with van der Waals surface area (Å²) in [4.78, 5) is 33.4. The number of rotatable bonds is 10. The Morgan fingerprint density at radius 2 is 1.71 bits per heavy atom. The zero-order valence-corrected chi connectivity index (χ0v) is 29.8. The van der Waals surface area contributed by atoms with Crippen LogP contribution in [-0.2, 0) is 11.4 Å². The van der Waals surface area contributed by atoms with E-state index >= 15 is 0 Å². The molecule has 0 unspecified atom stereocenters. The number of amides is 1. The monoisotopic (exact) mass is 715 g/mol. The van der Waals surface area contributed by atoms with E-state index in [1.54, 1.807) is 36.8 Å². The molecular weight excluding hydrogens is 682 g/mol. The number of carbonyl (C=O) groups excluding carboxylic acids is 1. The van der Waals surface area contributed by atoms with E-state index in [1.807, 2.05) is 85.8 Å². The first-order valence-corrected chi connectivity index (χ1v) is 17.6. The molecule has 0 spiro atoms. The predicted molar refractivity (Wildman–Crippen MR) is 203 cm³/mol. The van der Waals surface area contributed by atoms with Crippen molar-refractivity contribution in [1.29, 1.82) is 0 Å². The number of carbonyl (C=O) groups is 1. The molecule has 5 aromatic carbocycles. The Hall–Kier alpha value is -5.64. The van der Waals surface area contributed by atoms with Crippen molar-refractivity contribution in [3.8, 4) is 17.2 Å². The number of aromatic nitrogens is 1. The van der Waals surface area contributed by atoms with Crippen molar-refractivity contribution in [2.24, 2.45) is 4.99 Å². The van der Waals surface area contributed by atoms with E-state index in [0.717, 1.165) is 21.9 Å². The number of allylic oxidation sites excluding steroid dienone is 1. The lowest BCUT2D eigenvalue weighted by Gasteiger charge is -2.25. The van der Waals surface area contributed by atoms with Crippen LogP contribution in [0.4, 0.5) is 5.69 Å². The Bertz CT molecular complexity index is 2470. The van der Waals surface area contributed by atoms with Crippen LogP contribution in [0, 0.1) is 0 Å². The number of benzene rings is 5. The van der Waals surface area contributed by atoms with Crippen LogP contribution in [0.2, 0.25) is 5.02 Å². The van der Waals surface area contributed by atoms with E-state index < -0.39 is 6.04 Å². The number of para-hydroxylation sites is 1. The van der Waals surface area contributed by atoms with Crippen molar-refractivity contribution in [3.05, 3.63) is 162 Å². The van der Waals surface area contributed by atoms with Crippen LogP contribution in [-0.4, -0.2) is 24.2 Å². The normalized spacial score (nSPS) is 14.2. The van der Waals surface area contributed by atoms with Gasteiger partial charge in [-0.05, 0) is 83.8 Å². The van der Waals surface area contributed by atoms with Gasteiger partial charge in [-0.2, -0.15) is 0 Å². The predicted octanol–water partition coefficient (Wildman–Crippen LogP) is 7.67. The van der Waals surface area contributed by atoms with E-state index in [4.69, 9.17) is 30.8 Å². The molecule has 0 aliphatic carbocycles. The number of nitrogens with zero attached hydrogens (tertiary/aromatic N) is 2. The molecule has 0 saturated heterocycles. The first-order chi connectivity index (χ1) is 24.8. The number of hydrogen-bond donors (Lipinski definition) is 1. The van der Waals surface area contributed by atoms with E-state index in [9.17, 15) is 9.59 Å². The second-order valence-corrected chi connectivity index (χ2v) is 13.3. The third kappa shape index (κ3) is 6.91. The summed E-state index contributed by atoms with van der Waals surface area (Å²) < 4.78 is 19.6. The Morgan fingerprint density at radius 1 is 0.961 bits per heavy atom. The fourth-order valence-electron chi connectivity index (χ4n) is 6.24. The van der Waals surface area contributed by atoms with Gasteiger partial charge in [0.2, 0.25) is 0 Å². The number of nitrogens with one attached hydrogen (secondary N) is 1. The maximum absolute atomic E-state index is 14.3. The molecule has 0 bridgehead atoms. The summed E-state index contributed by atoms with van der Waals surface area (Å²) in [5.74, 6) is 1.20. The fraction of sp³-hybridized carbons (Fsp3) is 0.146. The number of hydrogen-bond acceptors (Lipinski definition) is 7. The second-order valence-electron chi connectivity index (χ2n) is 11.9. The number of methoxy groups -OCH3 is 1. The van der Waals surface area contributed by atoms with Crippen molar-refractivity contribution in [1.82, 2.24) is 4.57 Å².